The molecule has 1 aromatic rings. The summed E-state index contributed by atoms with van der Waals surface area (Å²) in [7, 11) is 0. The minimum Gasteiger partial charge on any atom is -0.361 e. The predicted octanol–water partition coefficient (Wildman–Crippen LogP) is 0.881. The van der Waals surface area contributed by atoms with E-state index in [4.69, 9.17) is 5.84 Å². The molecule has 0 radical (unpaired) electrons. The van der Waals surface area contributed by atoms with E-state index in [0.29, 0.717) is 5.92 Å². The number of nitro groups is 1. The molecule has 0 aliphatic heterocycles. The number of nitrogens with zero attached hydrogens (tertiary/aromatic N) is 3. The molecule has 8 nitrogen and oxygen atoms in total. The first-order valence-electron chi connectivity index (χ1n) is 5.36. The number of nitrogen functional groups attached to an aromatic ring is 1. The van der Waals surface area contributed by atoms with Gasteiger partial charge in [-0.1, -0.05) is 0 Å². The molecule has 0 saturated heterocycles. The normalized spacial score (nSPS) is 16.4. The van der Waals surface area contributed by atoms with E-state index >= 15 is 0 Å². The zero-order valence-electron chi connectivity index (χ0n) is 9.38. The van der Waals surface area contributed by atoms with Crippen LogP contribution in [-0.4, -0.2) is 20.9 Å². The van der Waals surface area contributed by atoms with Gasteiger partial charge in [0.2, 0.25) is 11.6 Å². The summed E-state index contributed by atoms with van der Waals surface area (Å²) in [6.45, 7) is 1.99. The SMILES string of the molecule is CC(Nc1ncnc(NN)c1[N+](=O)[O-])C1CC1. The third kappa shape index (κ3) is 2.41. The predicted molar refractivity (Wildman–Crippen MR) is 62.3 cm³/mol. The van der Waals surface area contributed by atoms with Crippen molar-refractivity contribution < 1.29 is 4.92 Å². The number of rotatable bonds is 5. The van der Waals surface area contributed by atoms with Crippen molar-refractivity contribution in [1.82, 2.24) is 9.97 Å². The fourth-order valence-corrected chi connectivity index (χ4v) is 1.69. The zero-order chi connectivity index (χ0) is 12.4. The van der Waals surface area contributed by atoms with Gasteiger partial charge in [0, 0.05) is 6.04 Å². The number of nitrogens with one attached hydrogen (secondary N) is 2. The van der Waals surface area contributed by atoms with E-state index in [1.165, 1.54) is 6.33 Å². The van der Waals surface area contributed by atoms with Crippen LogP contribution in [0.5, 0.6) is 0 Å². The molecule has 1 atom stereocenters. The lowest BCUT2D eigenvalue weighted by Crippen LogP contribution is -2.20. The molecule has 1 aromatic heterocycles. The molecule has 0 bridgehead atoms. The Kier molecular flexibility index (Phi) is 3.05. The maximum absolute atomic E-state index is 11.0. The lowest BCUT2D eigenvalue weighted by Gasteiger charge is -2.13. The average Bonchev–Trinajstić information content (AvgIpc) is 3.11. The summed E-state index contributed by atoms with van der Waals surface area (Å²) < 4.78 is 0. The van der Waals surface area contributed by atoms with Crippen LogP contribution < -0.4 is 16.6 Å². The van der Waals surface area contributed by atoms with Crippen molar-refractivity contribution in [2.75, 3.05) is 10.7 Å². The van der Waals surface area contributed by atoms with Crippen molar-refractivity contribution >= 4 is 17.3 Å². The Morgan fingerprint density at radius 3 is 2.71 bits per heavy atom. The summed E-state index contributed by atoms with van der Waals surface area (Å²) in [6, 6.07) is 0.161. The quantitative estimate of drug-likeness (QED) is 0.395. The Hall–Kier alpha value is -1.96. The summed E-state index contributed by atoms with van der Waals surface area (Å²) in [5.74, 6) is 5.97. The second-order valence-corrected chi connectivity index (χ2v) is 4.09. The van der Waals surface area contributed by atoms with Gasteiger partial charge in [0.05, 0.1) is 4.92 Å². The summed E-state index contributed by atoms with van der Waals surface area (Å²) >= 11 is 0. The van der Waals surface area contributed by atoms with E-state index in [1.807, 2.05) is 6.92 Å². The molecule has 1 heterocycles. The van der Waals surface area contributed by atoms with Gasteiger partial charge in [-0.15, -0.1) is 0 Å². The van der Waals surface area contributed by atoms with Crippen molar-refractivity contribution in [3.63, 3.8) is 0 Å². The van der Waals surface area contributed by atoms with E-state index < -0.39 is 4.92 Å². The van der Waals surface area contributed by atoms with E-state index in [0.717, 1.165) is 12.8 Å². The van der Waals surface area contributed by atoms with Crippen molar-refractivity contribution in [2.24, 2.45) is 11.8 Å². The summed E-state index contributed by atoms with van der Waals surface area (Å²) in [6.07, 6.45) is 3.54. The van der Waals surface area contributed by atoms with Crippen LogP contribution in [0.1, 0.15) is 19.8 Å². The molecule has 0 aromatic carbocycles. The molecule has 0 spiro atoms. The molecule has 92 valence electrons. The summed E-state index contributed by atoms with van der Waals surface area (Å²) in [5, 5.41) is 14.0. The fourth-order valence-electron chi connectivity index (χ4n) is 1.69. The molecule has 1 unspecified atom stereocenters. The monoisotopic (exact) mass is 238 g/mol. The highest BCUT2D eigenvalue weighted by Crippen LogP contribution is 2.36. The molecule has 4 N–H and O–H groups in total. The molecule has 8 heteroatoms. The summed E-state index contributed by atoms with van der Waals surface area (Å²) in [5.41, 5.74) is 1.98. The minimum absolute atomic E-state index is 0.00972. The standard InChI is InChI=1S/C9H14N6O2/c1-5(6-2-3-6)13-8-7(15(16)17)9(14-10)12-4-11-8/h4-6H,2-3,10H2,1H3,(H2,11,12,13,14). The van der Waals surface area contributed by atoms with Gasteiger partial charge in [-0.25, -0.2) is 15.8 Å². The topological polar surface area (TPSA) is 119 Å². The van der Waals surface area contributed by atoms with Crippen molar-refractivity contribution in [1.29, 1.82) is 0 Å². The van der Waals surface area contributed by atoms with Crippen LogP contribution in [0.2, 0.25) is 0 Å². The van der Waals surface area contributed by atoms with E-state index in [1.54, 1.807) is 0 Å². The van der Waals surface area contributed by atoms with E-state index in [-0.39, 0.29) is 23.4 Å². The molecule has 17 heavy (non-hydrogen) atoms. The average molecular weight is 238 g/mol. The Bertz CT molecular complexity index is 433. The van der Waals surface area contributed by atoms with Crippen molar-refractivity contribution in [3.8, 4) is 0 Å². The largest absolute Gasteiger partial charge is 0.361 e. The van der Waals surface area contributed by atoms with Crippen LogP contribution in [0, 0.1) is 16.0 Å². The second-order valence-electron chi connectivity index (χ2n) is 4.09. The lowest BCUT2D eigenvalue weighted by atomic mass is 10.2. The first-order chi connectivity index (χ1) is 8.13. The van der Waals surface area contributed by atoms with Gasteiger partial charge in [-0.05, 0) is 25.7 Å². The van der Waals surface area contributed by atoms with Gasteiger partial charge >= 0.3 is 5.69 Å². The van der Waals surface area contributed by atoms with Gasteiger partial charge in [-0.3, -0.25) is 10.1 Å². The Morgan fingerprint density at radius 2 is 2.18 bits per heavy atom. The first-order valence-corrected chi connectivity index (χ1v) is 5.36. The maximum Gasteiger partial charge on any atom is 0.354 e. The number of anilines is 2. The molecular weight excluding hydrogens is 224 g/mol. The highest BCUT2D eigenvalue weighted by atomic mass is 16.6. The molecule has 1 saturated carbocycles. The van der Waals surface area contributed by atoms with Crippen LogP contribution in [0.15, 0.2) is 6.33 Å². The molecule has 2 rings (SSSR count). The smallest absolute Gasteiger partial charge is 0.354 e. The highest BCUT2D eigenvalue weighted by Gasteiger charge is 2.31. The van der Waals surface area contributed by atoms with Crippen LogP contribution >= 0.6 is 0 Å². The number of hydrazine groups is 1. The number of aromatic nitrogens is 2. The Labute approximate surface area is 97.8 Å². The van der Waals surface area contributed by atoms with Crippen LogP contribution in [0.25, 0.3) is 0 Å². The van der Waals surface area contributed by atoms with Crippen LogP contribution in [0.4, 0.5) is 17.3 Å². The molecular formula is C9H14N6O2. The fraction of sp³-hybridized carbons (Fsp3) is 0.556. The molecule has 1 aliphatic carbocycles. The van der Waals surface area contributed by atoms with Crippen molar-refractivity contribution in [3.05, 3.63) is 16.4 Å². The van der Waals surface area contributed by atoms with Gasteiger partial charge < -0.3 is 10.7 Å². The van der Waals surface area contributed by atoms with Crippen LogP contribution in [0.3, 0.4) is 0 Å². The second kappa shape index (κ2) is 4.50. The van der Waals surface area contributed by atoms with E-state index in [2.05, 4.69) is 20.7 Å². The third-order valence-corrected chi connectivity index (χ3v) is 2.84. The highest BCUT2D eigenvalue weighted by molar-refractivity contribution is 5.69. The van der Waals surface area contributed by atoms with Gasteiger partial charge in [-0.2, -0.15) is 0 Å². The maximum atomic E-state index is 11.0. The van der Waals surface area contributed by atoms with Gasteiger partial charge in [0.25, 0.3) is 0 Å². The number of hydrogen-bond donors (Lipinski definition) is 3. The first kappa shape index (κ1) is 11.5. The van der Waals surface area contributed by atoms with E-state index in [9.17, 15) is 10.1 Å². The van der Waals surface area contributed by atoms with Crippen molar-refractivity contribution in [2.45, 2.75) is 25.8 Å². The Morgan fingerprint density at radius 1 is 1.53 bits per heavy atom. The number of hydrogen-bond acceptors (Lipinski definition) is 7. The van der Waals surface area contributed by atoms with Gasteiger partial charge in [0.1, 0.15) is 6.33 Å². The number of nitrogens with two attached hydrogens (primary N) is 1. The zero-order valence-corrected chi connectivity index (χ0v) is 9.38. The lowest BCUT2D eigenvalue weighted by molar-refractivity contribution is -0.383. The van der Waals surface area contributed by atoms with Crippen LogP contribution in [-0.2, 0) is 0 Å². The summed E-state index contributed by atoms with van der Waals surface area (Å²) in [4.78, 5) is 18.0. The third-order valence-electron chi connectivity index (χ3n) is 2.84. The minimum atomic E-state index is -0.544. The molecule has 1 fully saturated rings. The molecule has 1 aliphatic rings. The molecule has 0 amide bonds. The Balaban J connectivity index is 2.27. The van der Waals surface area contributed by atoms with Gasteiger partial charge in [0.15, 0.2) is 0 Å².